The van der Waals surface area contributed by atoms with Crippen molar-refractivity contribution in [1.29, 1.82) is 5.26 Å². The van der Waals surface area contributed by atoms with Gasteiger partial charge in [-0.1, -0.05) is 0 Å². The number of aromatic nitrogens is 2. The summed E-state index contributed by atoms with van der Waals surface area (Å²) >= 11 is 0. The Labute approximate surface area is 90.0 Å². The van der Waals surface area contributed by atoms with Gasteiger partial charge in [0.15, 0.2) is 6.19 Å². The quantitative estimate of drug-likeness (QED) is 0.546. The van der Waals surface area contributed by atoms with Crippen LogP contribution in [0.15, 0.2) is 12.4 Å². The van der Waals surface area contributed by atoms with Gasteiger partial charge in [0.2, 0.25) is 0 Å². The van der Waals surface area contributed by atoms with Crippen LogP contribution in [0.5, 0.6) is 0 Å². The molecule has 1 aromatic rings. The van der Waals surface area contributed by atoms with Crippen molar-refractivity contribution in [2.24, 2.45) is 0 Å². The molecule has 0 fully saturated rings. The van der Waals surface area contributed by atoms with Crippen molar-refractivity contribution in [3.8, 4) is 6.19 Å². The average Bonchev–Trinajstić information content (AvgIpc) is 2.30. The van der Waals surface area contributed by atoms with Crippen LogP contribution >= 0.6 is 0 Å². The maximum Gasteiger partial charge on any atom is 0.185 e. The second-order valence-corrected chi connectivity index (χ2v) is 3.07. The Morgan fingerprint density at radius 1 is 1.27 bits per heavy atom. The Morgan fingerprint density at radius 2 is 1.87 bits per heavy atom. The highest BCUT2D eigenvalue weighted by molar-refractivity contribution is 5.51. The van der Waals surface area contributed by atoms with Crippen LogP contribution in [0.1, 0.15) is 13.8 Å². The molecule has 80 valence electrons. The monoisotopic (exact) mass is 205 g/mol. The third kappa shape index (κ3) is 2.56. The number of nitriles is 1. The summed E-state index contributed by atoms with van der Waals surface area (Å²) in [4.78, 5) is 11.7. The normalized spacial score (nSPS) is 9.47. The smallest absolute Gasteiger partial charge is 0.185 e. The first-order chi connectivity index (χ1) is 7.22. The molecular formula is C10H15N5. The topological polar surface area (TPSA) is 56.0 Å². The van der Waals surface area contributed by atoms with Gasteiger partial charge in [0.05, 0.1) is 0 Å². The largest absolute Gasteiger partial charge is 0.357 e. The summed E-state index contributed by atoms with van der Waals surface area (Å²) in [7, 11) is 1.67. The molecule has 0 amide bonds. The summed E-state index contributed by atoms with van der Waals surface area (Å²) in [5, 5.41) is 8.73. The van der Waals surface area contributed by atoms with E-state index in [2.05, 4.69) is 28.7 Å². The van der Waals surface area contributed by atoms with Crippen molar-refractivity contribution in [3.63, 3.8) is 0 Å². The molecule has 0 radical (unpaired) electrons. The minimum atomic E-state index is 0.620. The summed E-state index contributed by atoms with van der Waals surface area (Å²) < 4.78 is 0. The van der Waals surface area contributed by atoms with Gasteiger partial charge in [0.1, 0.15) is 18.0 Å². The molecule has 0 aliphatic carbocycles. The highest BCUT2D eigenvalue weighted by Gasteiger charge is 2.07. The predicted molar refractivity (Wildman–Crippen MR) is 59.6 cm³/mol. The fraction of sp³-hybridized carbons (Fsp3) is 0.500. The van der Waals surface area contributed by atoms with Crippen LogP contribution in [-0.2, 0) is 0 Å². The minimum Gasteiger partial charge on any atom is -0.357 e. The van der Waals surface area contributed by atoms with Gasteiger partial charge in [-0.05, 0) is 13.8 Å². The predicted octanol–water partition coefficient (Wildman–Crippen LogP) is 1.24. The van der Waals surface area contributed by atoms with Crippen LogP contribution in [0.3, 0.4) is 0 Å². The van der Waals surface area contributed by atoms with E-state index in [1.54, 1.807) is 7.05 Å². The SMILES string of the molecule is CCN(CC)c1cc(N(C)C#N)ncn1. The zero-order chi connectivity index (χ0) is 11.3. The van der Waals surface area contributed by atoms with Gasteiger partial charge in [-0.3, -0.25) is 4.90 Å². The Morgan fingerprint density at radius 3 is 2.40 bits per heavy atom. The number of rotatable bonds is 4. The van der Waals surface area contributed by atoms with Gasteiger partial charge in [-0.2, -0.15) is 5.26 Å². The van der Waals surface area contributed by atoms with E-state index in [0.29, 0.717) is 5.82 Å². The lowest BCUT2D eigenvalue weighted by molar-refractivity contribution is 0.840. The molecule has 0 aromatic carbocycles. The lowest BCUT2D eigenvalue weighted by atomic mass is 10.4. The molecule has 5 nitrogen and oxygen atoms in total. The number of hydrogen-bond acceptors (Lipinski definition) is 5. The van der Waals surface area contributed by atoms with E-state index >= 15 is 0 Å². The number of nitrogens with zero attached hydrogens (tertiary/aromatic N) is 5. The zero-order valence-corrected chi connectivity index (χ0v) is 9.30. The highest BCUT2D eigenvalue weighted by Crippen LogP contribution is 2.15. The minimum absolute atomic E-state index is 0.620. The fourth-order valence-electron chi connectivity index (χ4n) is 1.29. The molecular weight excluding hydrogens is 190 g/mol. The molecule has 0 atom stereocenters. The Bertz CT molecular complexity index is 353. The second kappa shape index (κ2) is 5.15. The van der Waals surface area contributed by atoms with Crippen molar-refractivity contribution in [1.82, 2.24) is 9.97 Å². The number of hydrogen-bond donors (Lipinski definition) is 0. The first-order valence-electron chi connectivity index (χ1n) is 4.93. The second-order valence-electron chi connectivity index (χ2n) is 3.07. The molecule has 5 heteroatoms. The molecule has 1 heterocycles. The Balaban J connectivity index is 2.97. The van der Waals surface area contributed by atoms with E-state index in [-0.39, 0.29) is 0 Å². The summed E-state index contributed by atoms with van der Waals surface area (Å²) in [6.45, 7) is 5.92. The van der Waals surface area contributed by atoms with Crippen molar-refractivity contribution in [2.45, 2.75) is 13.8 Å². The van der Waals surface area contributed by atoms with Gasteiger partial charge in [-0.25, -0.2) is 9.97 Å². The van der Waals surface area contributed by atoms with Crippen LogP contribution in [0.4, 0.5) is 11.6 Å². The molecule has 1 rings (SSSR count). The molecule has 0 spiro atoms. The van der Waals surface area contributed by atoms with Crippen LogP contribution < -0.4 is 9.80 Å². The van der Waals surface area contributed by atoms with Crippen LogP contribution in [0.25, 0.3) is 0 Å². The molecule has 0 saturated heterocycles. The van der Waals surface area contributed by atoms with Gasteiger partial charge in [0.25, 0.3) is 0 Å². The maximum atomic E-state index is 8.73. The molecule has 0 unspecified atom stereocenters. The van der Waals surface area contributed by atoms with Crippen molar-refractivity contribution < 1.29 is 0 Å². The standard InChI is InChI=1S/C10H15N5/c1-4-15(5-2)10-6-9(12-8-13-10)14(3)7-11/h6,8H,4-5H2,1-3H3. The van der Waals surface area contributed by atoms with E-state index in [4.69, 9.17) is 5.26 Å². The van der Waals surface area contributed by atoms with E-state index in [0.717, 1.165) is 18.9 Å². The third-order valence-corrected chi connectivity index (χ3v) is 2.22. The Hall–Kier alpha value is -1.83. The average molecular weight is 205 g/mol. The third-order valence-electron chi connectivity index (χ3n) is 2.22. The Kier molecular flexibility index (Phi) is 3.86. The molecule has 0 aliphatic rings. The highest BCUT2D eigenvalue weighted by atomic mass is 15.2. The molecule has 15 heavy (non-hydrogen) atoms. The van der Waals surface area contributed by atoms with Crippen LogP contribution in [0.2, 0.25) is 0 Å². The summed E-state index contributed by atoms with van der Waals surface area (Å²) in [6, 6.07) is 1.82. The summed E-state index contributed by atoms with van der Waals surface area (Å²) in [5.41, 5.74) is 0. The van der Waals surface area contributed by atoms with E-state index in [1.165, 1.54) is 11.2 Å². The van der Waals surface area contributed by atoms with Gasteiger partial charge in [-0.15, -0.1) is 0 Å². The fourth-order valence-corrected chi connectivity index (χ4v) is 1.29. The van der Waals surface area contributed by atoms with Crippen molar-refractivity contribution in [2.75, 3.05) is 29.9 Å². The van der Waals surface area contributed by atoms with Crippen molar-refractivity contribution in [3.05, 3.63) is 12.4 Å². The van der Waals surface area contributed by atoms with Gasteiger partial charge < -0.3 is 4.90 Å². The first kappa shape index (κ1) is 11.2. The molecule has 0 bridgehead atoms. The van der Waals surface area contributed by atoms with Gasteiger partial charge >= 0.3 is 0 Å². The molecule has 0 aliphatic heterocycles. The van der Waals surface area contributed by atoms with E-state index in [9.17, 15) is 0 Å². The van der Waals surface area contributed by atoms with E-state index < -0.39 is 0 Å². The van der Waals surface area contributed by atoms with Crippen LogP contribution in [-0.4, -0.2) is 30.1 Å². The lowest BCUT2D eigenvalue weighted by Crippen LogP contribution is -2.23. The maximum absolute atomic E-state index is 8.73. The molecule has 0 saturated carbocycles. The van der Waals surface area contributed by atoms with Crippen LogP contribution in [0, 0.1) is 11.5 Å². The summed E-state index contributed by atoms with van der Waals surface area (Å²) in [6.07, 6.45) is 3.49. The van der Waals surface area contributed by atoms with Crippen molar-refractivity contribution >= 4 is 11.6 Å². The van der Waals surface area contributed by atoms with Gasteiger partial charge in [0, 0.05) is 26.2 Å². The molecule has 0 N–H and O–H groups in total. The summed E-state index contributed by atoms with van der Waals surface area (Å²) in [5.74, 6) is 1.47. The first-order valence-corrected chi connectivity index (χ1v) is 4.93. The van der Waals surface area contributed by atoms with E-state index in [1.807, 2.05) is 12.3 Å². The lowest BCUT2D eigenvalue weighted by Gasteiger charge is -2.20. The molecule has 1 aromatic heterocycles. The number of anilines is 2. The zero-order valence-electron chi connectivity index (χ0n) is 9.30.